The number of rotatable bonds is 6. The zero-order chi connectivity index (χ0) is 25.1. The van der Waals surface area contributed by atoms with Gasteiger partial charge >= 0.3 is 6.03 Å². The van der Waals surface area contributed by atoms with Crippen LogP contribution in [0, 0.1) is 19.7 Å². The molecule has 4 aromatic heterocycles. The van der Waals surface area contributed by atoms with Gasteiger partial charge in [-0.1, -0.05) is 6.07 Å². The average Bonchev–Trinajstić information content (AvgIpc) is 3.27. The highest BCUT2D eigenvalue weighted by atomic mass is 19.1. The van der Waals surface area contributed by atoms with E-state index in [2.05, 4.69) is 25.7 Å². The normalized spacial score (nSPS) is 11.0. The smallest absolute Gasteiger partial charge is 0.320 e. The summed E-state index contributed by atoms with van der Waals surface area (Å²) in [4.78, 5) is 25.8. The Morgan fingerprint density at radius 1 is 1.00 bits per heavy atom. The highest BCUT2D eigenvalue weighted by Crippen LogP contribution is 2.33. The predicted molar refractivity (Wildman–Crippen MR) is 136 cm³/mol. The third kappa shape index (κ3) is 4.90. The Hall–Kier alpha value is -4.66. The molecule has 4 heterocycles. The van der Waals surface area contributed by atoms with Crippen molar-refractivity contribution in [1.29, 1.82) is 0 Å². The number of imidazole rings is 1. The van der Waals surface area contributed by atoms with Crippen molar-refractivity contribution in [2.75, 3.05) is 11.9 Å². The summed E-state index contributed by atoms with van der Waals surface area (Å²) < 4.78 is 15.6. The number of pyridine rings is 2. The molecule has 0 aliphatic carbocycles. The van der Waals surface area contributed by atoms with Crippen LogP contribution in [0.25, 0.3) is 28.2 Å². The van der Waals surface area contributed by atoms with Crippen molar-refractivity contribution in [2.45, 2.75) is 20.3 Å². The fourth-order valence-electron chi connectivity index (χ4n) is 3.91. The van der Waals surface area contributed by atoms with E-state index in [-0.39, 0.29) is 11.8 Å². The fourth-order valence-corrected chi connectivity index (χ4v) is 3.91. The molecule has 5 aromatic rings. The quantitative estimate of drug-likeness (QED) is 0.357. The highest BCUT2D eigenvalue weighted by Gasteiger charge is 2.18. The van der Waals surface area contributed by atoms with Crippen molar-refractivity contribution < 1.29 is 9.18 Å². The summed E-state index contributed by atoms with van der Waals surface area (Å²) in [6, 6.07) is 15.7. The van der Waals surface area contributed by atoms with Crippen LogP contribution in [0.1, 0.15) is 16.8 Å². The number of hydrogen-bond donors (Lipinski definition) is 2. The van der Waals surface area contributed by atoms with Gasteiger partial charge in [0.2, 0.25) is 0 Å². The Kier molecular flexibility index (Phi) is 6.36. The number of fused-ring (bicyclic) bond motifs is 1. The molecule has 0 spiro atoms. The van der Waals surface area contributed by atoms with Crippen molar-refractivity contribution in [2.24, 2.45) is 0 Å². The second-order valence-electron chi connectivity index (χ2n) is 8.44. The Labute approximate surface area is 207 Å². The molecule has 36 heavy (non-hydrogen) atoms. The Bertz CT molecular complexity index is 1550. The summed E-state index contributed by atoms with van der Waals surface area (Å²) in [7, 11) is 0. The van der Waals surface area contributed by atoms with Gasteiger partial charge in [0, 0.05) is 42.0 Å². The van der Waals surface area contributed by atoms with Crippen molar-refractivity contribution in [3.8, 4) is 22.5 Å². The first-order valence-electron chi connectivity index (χ1n) is 11.5. The number of nitrogens with zero attached hydrogens (tertiary/aromatic N) is 5. The van der Waals surface area contributed by atoms with Crippen LogP contribution in [-0.4, -0.2) is 37.1 Å². The van der Waals surface area contributed by atoms with E-state index < -0.39 is 0 Å². The van der Waals surface area contributed by atoms with E-state index in [1.165, 1.54) is 6.07 Å². The molecule has 0 saturated carbocycles. The van der Waals surface area contributed by atoms with Crippen LogP contribution in [0.15, 0.2) is 73.2 Å². The average molecular weight is 482 g/mol. The SMILES string of the molecule is Cc1ccc(CCNC(=O)Nc2cc(-c3c(-c4ccc(F)c(C)c4)nc4cccnn34)ccn2)cn1. The largest absolute Gasteiger partial charge is 0.337 e. The highest BCUT2D eigenvalue weighted by molar-refractivity contribution is 5.90. The molecule has 0 saturated heterocycles. The van der Waals surface area contributed by atoms with E-state index in [0.717, 1.165) is 22.4 Å². The predicted octanol–water partition coefficient (Wildman–Crippen LogP) is 4.97. The van der Waals surface area contributed by atoms with E-state index in [1.54, 1.807) is 42.0 Å². The monoisotopic (exact) mass is 481 g/mol. The molecule has 0 aliphatic rings. The second-order valence-corrected chi connectivity index (χ2v) is 8.44. The number of hydrogen-bond acceptors (Lipinski definition) is 5. The minimum Gasteiger partial charge on any atom is -0.337 e. The molecule has 0 radical (unpaired) electrons. The number of amides is 2. The topological polar surface area (TPSA) is 97.1 Å². The van der Waals surface area contributed by atoms with E-state index >= 15 is 0 Å². The summed E-state index contributed by atoms with van der Waals surface area (Å²) in [5.74, 6) is 0.108. The number of halogens is 1. The first-order chi connectivity index (χ1) is 17.5. The molecule has 0 bridgehead atoms. The summed E-state index contributed by atoms with van der Waals surface area (Å²) in [5.41, 5.74) is 6.08. The Balaban J connectivity index is 1.39. The lowest BCUT2D eigenvalue weighted by Gasteiger charge is -2.10. The molecule has 0 atom stereocenters. The molecule has 0 fully saturated rings. The standard InChI is InChI=1S/C27H24FN7O/c1-17-14-20(7-8-22(17)28)25-26(35-24(34-25)4-3-11-32-35)21-10-13-29-23(15-21)33-27(36)30-12-9-19-6-5-18(2)31-16-19/h3-8,10-11,13-16H,9,12H2,1-2H3,(H2,29,30,33,36). The van der Waals surface area contributed by atoms with Gasteiger partial charge in [0.25, 0.3) is 0 Å². The first-order valence-corrected chi connectivity index (χ1v) is 11.5. The van der Waals surface area contributed by atoms with Crippen molar-refractivity contribution in [3.63, 3.8) is 0 Å². The number of urea groups is 1. The lowest BCUT2D eigenvalue weighted by molar-refractivity contribution is 0.252. The fraction of sp³-hybridized carbons (Fsp3) is 0.148. The van der Waals surface area contributed by atoms with Crippen LogP contribution in [0.2, 0.25) is 0 Å². The minimum atomic E-state index is -0.356. The summed E-state index contributed by atoms with van der Waals surface area (Å²) in [6.45, 7) is 4.11. The van der Waals surface area contributed by atoms with Crippen molar-refractivity contribution in [3.05, 3.63) is 95.8 Å². The third-order valence-corrected chi connectivity index (χ3v) is 5.77. The number of carbonyl (C=O) groups is 1. The van der Waals surface area contributed by atoms with Gasteiger partial charge in [-0.2, -0.15) is 5.10 Å². The number of aryl methyl sites for hydroxylation is 2. The van der Waals surface area contributed by atoms with Gasteiger partial charge in [0.15, 0.2) is 5.65 Å². The van der Waals surface area contributed by atoms with Gasteiger partial charge in [-0.05, 0) is 79.9 Å². The summed E-state index contributed by atoms with van der Waals surface area (Å²) in [6.07, 6.45) is 5.77. The van der Waals surface area contributed by atoms with Crippen molar-refractivity contribution >= 4 is 17.5 Å². The minimum absolute atomic E-state index is 0.276. The molecule has 0 unspecified atom stereocenters. The van der Waals surface area contributed by atoms with Gasteiger partial charge in [-0.15, -0.1) is 0 Å². The summed E-state index contributed by atoms with van der Waals surface area (Å²) >= 11 is 0. The van der Waals surface area contributed by atoms with Gasteiger partial charge in [-0.3, -0.25) is 10.3 Å². The number of benzene rings is 1. The molecule has 2 amide bonds. The molecular weight excluding hydrogens is 457 g/mol. The Morgan fingerprint density at radius 2 is 1.89 bits per heavy atom. The van der Waals surface area contributed by atoms with Crippen LogP contribution < -0.4 is 10.6 Å². The number of anilines is 1. The molecule has 180 valence electrons. The van der Waals surface area contributed by atoms with Gasteiger partial charge in [0.1, 0.15) is 17.3 Å². The first kappa shape index (κ1) is 23.1. The van der Waals surface area contributed by atoms with E-state index in [1.807, 2.05) is 43.5 Å². The van der Waals surface area contributed by atoms with Crippen molar-refractivity contribution in [1.82, 2.24) is 29.9 Å². The van der Waals surface area contributed by atoms with E-state index in [4.69, 9.17) is 4.98 Å². The van der Waals surface area contributed by atoms with Gasteiger partial charge in [0.05, 0.1) is 5.69 Å². The zero-order valence-corrected chi connectivity index (χ0v) is 19.9. The van der Waals surface area contributed by atoms with Gasteiger partial charge < -0.3 is 5.32 Å². The van der Waals surface area contributed by atoms with Crippen LogP contribution in [0.4, 0.5) is 15.0 Å². The van der Waals surface area contributed by atoms with E-state index in [9.17, 15) is 9.18 Å². The molecule has 9 heteroatoms. The number of carbonyl (C=O) groups excluding carboxylic acids is 1. The zero-order valence-electron chi connectivity index (χ0n) is 19.9. The second kappa shape index (κ2) is 9.91. The molecule has 1 aromatic carbocycles. The Morgan fingerprint density at radius 3 is 2.69 bits per heavy atom. The van der Waals surface area contributed by atoms with Crippen LogP contribution in [0.3, 0.4) is 0 Å². The maximum absolute atomic E-state index is 13.9. The van der Waals surface area contributed by atoms with Crippen LogP contribution in [-0.2, 0) is 6.42 Å². The molecule has 5 rings (SSSR count). The molecular formula is C27H24FN7O. The lowest BCUT2D eigenvalue weighted by Crippen LogP contribution is -2.30. The number of nitrogens with one attached hydrogen (secondary N) is 2. The number of aromatic nitrogens is 5. The van der Waals surface area contributed by atoms with Crippen LogP contribution in [0.5, 0.6) is 0 Å². The third-order valence-electron chi connectivity index (χ3n) is 5.77. The molecule has 8 nitrogen and oxygen atoms in total. The maximum Gasteiger partial charge on any atom is 0.320 e. The molecule has 2 N–H and O–H groups in total. The van der Waals surface area contributed by atoms with E-state index in [0.29, 0.717) is 41.4 Å². The van der Waals surface area contributed by atoms with Crippen LogP contribution >= 0.6 is 0 Å². The lowest BCUT2D eigenvalue weighted by atomic mass is 10.0. The maximum atomic E-state index is 13.9. The summed E-state index contributed by atoms with van der Waals surface area (Å²) in [5, 5.41) is 10.1. The molecule has 0 aliphatic heterocycles. The van der Waals surface area contributed by atoms with Gasteiger partial charge in [-0.25, -0.2) is 23.7 Å².